The molecule has 1 aromatic rings. The summed E-state index contributed by atoms with van der Waals surface area (Å²) >= 11 is 6.01. The van der Waals surface area contributed by atoms with E-state index in [0.29, 0.717) is 0 Å². The second kappa shape index (κ2) is 4.13. The van der Waals surface area contributed by atoms with Crippen LogP contribution in [0.4, 0.5) is 0 Å². The Kier molecular flexibility index (Phi) is 3.12. The SMILES string of the molecule is C=Cc1ccccc1C(Cl)C=C. The van der Waals surface area contributed by atoms with Crippen LogP contribution in [-0.2, 0) is 0 Å². The summed E-state index contributed by atoms with van der Waals surface area (Å²) in [5.74, 6) is 0. The summed E-state index contributed by atoms with van der Waals surface area (Å²) < 4.78 is 0. The molecule has 1 atom stereocenters. The van der Waals surface area contributed by atoms with Gasteiger partial charge in [0.2, 0.25) is 0 Å². The lowest BCUT2D eigenvalue weighted by molar-refractivity contribution is 1.21. The molecule has 0 aromatic heterocycles. The zero-order valence-electron chi connectivity index (χ0n) is 6.83. The third kappa shape index (κ3) is 1.77. The Morgan fingerprint density at radius 2 is 1.92 bits per heavy atom. The van der Waals surface area contributed by atoms with Gasteiger partial charge in [0.05, 0.1) is 5.38 Å². The molecule has 0 bridgehead atoms. The Hall–Kier alpha value is -1.01. The Morgan fingerprint density at radius 1 is 1.25 bits per heavy atom. The highest BCUT2D eigenvalue weighted by Gasteiger charge is 2.05. The molecule has 62 valence electrons. The maximum absolute atomic E-state index is 6.01. The first-order chi connectivity index (χ1) is 5.79. The number of rotatable bonds is 3. The van der Waals surface area contributed by atoms with Crippen LogP contribution in [0, 0.1) is 0 Å². The Bertz CT molecular complexity index is 289. The van der Waals surface area contributed by atoms with Crippen LogP contribution in [0.15, 0.2) is 43.5 Å². The maximum atomic E-state index is 6.01. The predicted molar refractivity (Wildman–Crippen MR) is 55.3 cm³/mol. The number of alkyl halides is 1. The molecule has 1 unspecified atom stereocenters. The minimum atomic E-state index is -0.126. The van der Waals surface area contributed by atoms with E-state index >= 15 is 0 Å². The second-order valence-electron chi connectivity index (χ2n) is 2.47. The molecule has 0 heterocycles. The van der Waals surface area contributed by atoms with Gasteiger partial charge in [-0.15, -0.1) is 18.2 Å². The van der Waals surface area contributed by atoms with E-state index in [-0.39, 0.29) is 5.38 Å². The summed E-state index contributed by atoms with van der Waals surface area (Å²) in [6.45, 7) is 7.36. The highest BCUT2D eigenvalue weighted by molar-refractivity contribution is 6.22. The van der Waals surface area contributed by atoms with Gasteiger partial charge in [-0.05, 0) is 11.1 Å². The fourth-order valence-electron chi connectivity index (χ4n) is 1.07. The molecule has 1 rings (SSSR count). The van der Waals surface area contributed by atoms with Gasteiger partial charge in [0.1, 0.15) is 0 Å². The monoisotopic (exact) mass is 178 g/mol. The Morgan fingerprint density at radius 3 is 2.50 bits per heavy atom. The first-order valence-corrected chi connectivity index (χ1v) is 4.21. The zero-order valence-corrected chi connectivity index (χ0v) is 7.59. The standard InChI is InChI=1S/C11H11Cl/c1-3-9-7-5-6-8-10(9)11(12)4-2/h3-8,11H,1-2H2. The molecule has 12 heavy (non-hydrogen) atoms. The molecule has 0 aliphatic carbocycles. The summed E-state index contributed by atoms with van der Waals surface area (Å²) in [5.41, 5.74) is 2.13. The van der Waals surface area contributed by atoms with E-state index in [2.05, 4.69) is 13.2 Å². The number of allylic oxidation sites excluding steroid dienone is 1. The van der Waals surface area contributed by atoms with Gasteiger partial charge in [0.25, 0.3) is 0 Å². The van der Waals surface area contributed by atoms with Gasteiger partial charge in [-0.2, -0.15) is 0 Å². The molecule has 0 nitrogen and oxygen atoms in total. The smallest absolute Gasteiger partial charge is 0.0769 e. The van der Waals surface area contributed by atoms with Crippen LogP contribution in [0.1, 0.15) is 16.5 Å². The third-order valence-electron chi connectivity index (χ3n) is 1.72. The zero-order chi connectivity index (χ0) is 8.97. The van der Waals surface area contributed by atoms with Crippen molar-refractivity contribution >= 4 is 17.7 Å². The molecular formula is C11H11Cl. The third-order valence-corrected chi connectivity index (χ3v) is 2.13. The summed E-state index contributed by atoms with van der Waals surface area (Å²) in [7, 11) is 0. The Balaban J connectivity index is 3.12. The van der Waals surface area contributed by atoms with Gasteiger partial charge >= 0.3 is 0 Å². The molecule has 1 aromatic carbocycles. The predicted octanol–water partition coefficient (Wildman–Crippen LogP) is 3.80. The first kappa shape index (κ1) is 9.08. The van der Waals surface area contributed by atoms with Crippen LogP contribution in [-0.4, -0.2) is 0 Å². The molecule has 0 spiro atoms. The van der Waals surface area contributed by atoms with Crippen molar-refractivity contribution in [3.63, 3.8) is 0 Å². The summed E-state index contributed by atoms with van der Waals surface area (Å²) in [4.78, 5) is 0. The van der Waals surface area contributed by atoms with E-state index < -0.39 is 0 Å². The van der Waals surface area contributed by atoms with Crippen LogP contribution in [0.2, 0.25) is 0 Å². The normalized spacial score (nSPS) is 12.1. The maximum Gasteiger partial charge on any atom is 0.0769 e. The fourth-order valence-corrected chi connectivity index (χ4v) is 1.27. The van der Waals surface area contributed by atoms with E-state index in [1.807, 2.05) is 24.3 Å². The van der Waals surface area contributed by atoms with E-state index in [1.165, 1.54) is 0 Å². The van der Waals surface area contributed by atoms with Crippen molar-refractivity contribution in [1.82, 2.24) is 0 Å². The van der Waals surface area contributed by atoms with Crippen LogP contribution in [0.5, 0.6) is 0 Å². The molecule has 0 radical (unpaired) electrons. The quantitative estimate of drug-likeness (QED) is 0.488. The van der Waals surface area contributed by atoms with Crippen molar-refractivity contribution in [1.29, 1.82) is 0 Å². The van der Waals surface area contributed by atoms with Gasteiger partial charge in [0, 0.05) is 0 Å². The van der Waals surface area contributed by atoms with E-state index in [9.17, 15) is 0 Å². The van der Waals surface area contributed by atoms with Crippen molar-refractivity contribution in [2.24, 2.45) is 0 Å². The van der Waals surface area contributed by atoms with Gasteiger partial charge in [-0.3, -0.25) is 0 Å². The second-order valence-corrected chi connectivity index (χ2v) is 2.94. The number of hydrogen-bond donors (Lipinski definition) is 0. The number of hydrogen-bond acceptors (Lipinski definition) is 0. The van der Waals surface area contributed by atoms with Crippen molar-refractivity contribution in [2.75, 3.05) is 0 Å². The number of benzene rings is 1. The minimum absolute atomic E-state index is 0.126. The van der Waals surface area contributed by atoms with E-state index in [4.69, 9.17) is 11.6 Å². The highest BCUT2D eigenvalue weighted by atomic mass is 35.5. The van der Waals surface area contributed by atoms with Gasteiger partial charge in [0.15, 0.2) is 0 Å². The van der Waals surface area contributed by atoms with E-state index in [1.54, 1.807) is 12.2 Å². The van der Waals surface area contributed by atoms with Crippen molar-refractivity contribution < 1.29 is 0 Å². The largest absolute Gasteiger partial charge is 0.113 e. The molecule has 0 aliphatic heterocycles. The topological polar surface area (TPSA) is 0 Å². The fraction of sp³-hybridized carbons (Fsp3) is 0.0909. The number of halogens is 1. The molecule has 0 saturated heterocycles. The summed E-state index contributed by atoms with van der Waals surface area (Å²) in [6.07, 6.45) is 3.51. The average Bonchev–Trinajstić information content (AvgIpc) is 2.16. The van der Waals surface area contributed by atoms with Crippen LogP contribution < -0.4 is 0 Å². The van der Waals surface area contributed by atoms with Crippen molar-refractivity contribution in [3.8, 4) is 0 Å². The van der Waals surface area contributed by atoms with Gasteiger partial charge < -0.3 is 0 Å². The van der Waals surface area contributed by atoms with Gasteiger partial charge in [-0.1, -0.05) is 43.0 Å². The first-order valence-electron chi connectivity index (χ1n) is 3.77. The molecule has 1 heteroatoms. The lowest BCUT2D eigenvalue weighted by atomic mass is 10.0. The molecule has 0 aliphatic rings. The lowest BCUT2D eigenvalue weighted by Crippen LogP contribution is -1.88. The van der Waals surface area contributed by atoms with Crippen LogP contribution in [0.3, 0.4) is 0 Å². The molecule has 0 fully saturated rings. The average molecular weight is 179 g/mol. The van der Waals surface area contributed by atoms with E-state index in [0.717, 1.165) is 11.1 Å². The minimum Gasteiger partial charge on any atom is -0.113 e. The van der Waals surface area contributed by atoms with Crippen LogP contribution >= 0.6 is 11.6 Å². The summed E-state index contributed by atoms with van der Waals surface area (Å²) in [6, 6.07) is 7.89. The molecule has 0 amide bonds. The molecule has 0 saturated carbocycles. The Labute approximate surface area is 78.2 Å². The van der Waals surface area contributed by atoms with Crippen LogP contribution in [0.25, 0.3) is 6.08 Å². The molecular weight excluding hydrogens is 168 g/mol. The highest BCUT2D eigenvalue weighted by Crippen LogP contribution is 2.25. The summed E-state index contributed by atoms with van der Waals surface area (Å²) in [5, 5.41) is -0.126. The van der Waals surface area contributed by atoms with Gasteiger partial charge in [-0.25, -0.2) is 0 Å². The lowest BCUT2D eigenvalue weighted by Gasteiger charge is -2.07. The van der Waals surface area contributed by atoms with Crippen molar-refractivity contribution in [3.05, 3.63) is 54.6 Å². The molecule has 0 N–H and O–H groups in total. The van der Waals surface area contributed by atoms with Crippen molar-refractivity contribution in [2.45, 2.75) is 5.38 Å².